The van der Waals surface area contributed by atoms with E-state index in [9.17, 15) is 8.42 Å². The summed E-state index contributed by atoms with van der Waals surface area (Å²) in [6.45, 7) is 2.53. The molecule has 3 rings (SSSR count). The molecule has 2 aromatic rings. The number of rotatable bonds is 6. The van der Waals surface area contributed by atoms with Gasteiger partial charge in [-0.05, 0) is 50.4 Å². The number of aromatic nitrogens is 1. The van der Waals surface area contributed by atoms with Crippen molar-refractivity contribution in [2.24, 2.45) is 5.92 Å². The molecule has 0 bridgehead atoms. The summed E-state index contributed by atoms with van der Waals surface area (Å²) in [5, 5.41) is 7.97. The molecule has 2 N–H and O–H groups in total. The van der Waals surface area contributed by atoms with Crippen molar-refractivity contribution in [3.05, 3.63) is 30.0 Å². The van der Waals surface area contributed by atoms with Gasteiger partial charge in [0.1, 0.15) is 11.4 Å². The van der Waals surface area contributed by atoms with Gasteiger partial charge < -0.3 is 9.84 Å². The maximum absolute atomic E-state index is 12.2. The van der Waals surface area contributed by atoms with Gasteiger partial charge in [0.2, 0.25) is 10.0 Å². The van der Waals surface area contributed by atoms with Gasteiger partial charge in [0.25, 0.3) is 0 Å². The average molecular weight is 323 g/mol. The lowest BCUT2D eigenvalue weighted by atomic mass is 9.96. The molecule has 0 radical (unpaired) electrons. The molecule has 2 heterocycles. The predicted octanol–water partition coefficient (Wildman–Crippen LogP) is 1.64. The van der Waals surface area contributed by atoms with E-state index in [-0.39, 0.29) is 5.75 Å². The smallest absolute Gasteiger partial charge is 0.217 e. The number of hydrogen-bond donors (Lipinski definition) is 2. The first-order chi connectivity index (χ1) is 10.6. The van der Waals surface area contributed by atoms with Crippen LogP contribution in [0.2, 0.25) is 0 Å². The molecule has 6 nitrogen and oxygen atoms in total. The van der Waals surface area contributed by atoms with Crippen molar-refractivity contribution >= 4 is 21.0 Å². The summed E-state index contributed by atoms with van der Waals surface area (Å²) in [6, 6.07) is 7.29. The van der Waals surface area contributed by atoms with Crippen LogP contribution in [0.15, 0.2) is 28.8 Å². The molecule has 1 aliphatic rings. The maximum atomic E-state index is 12.2. The van der Waals surface area contributed by atoms with Gasteiger partial charge in [-0.25, -0.2) is 13.1 Å². The van der Waals surface area contributed by atoms with Crippen molar-refractivity contribution in [1.29, 1.82) is 0 Å². The molecule has 0 spiro atoms. The minimum atomic E-state index is -3.39. The minimum Gasteiger partial charge on any atom is -0.356 e. The van der Waals surface area contributed by atoms with Crippen LogP contribution in [-0.4, -0.2) is 33.2 Å². The standard InChI is InChI=1S/C15H21N3O3S/c19-22(20,17-9-7-12-4-3-8-16-10-12)11-14-13-5-1-2-6-15(13)21-18-14/h1-2,5-6,12,16-17H,3-4,7-11H2. The fourth-order valence-corrected chi connectivity index (χ4v) is 3.96. The molecule has 22 heavy (non-hydrogen) atoms. The molecule has 0 saturated carbocycles. The zero-order valence-corrected chi connectivity index (χ0v) is 13.2. The fraction of sp³-hybridized carbons (Fsp3) is 0.533. The van der Waals surface area contributed by atoms with Crippen molar-refractivity contribution in [3.63, 3.8) is 0 Å². The van der Waals surface area contributed by atoms with Gasteiger partial charge in [-0.2, -0.15) is 0 Å². The fourth-order valence-electron chi connectivity index (χ4n) is 2.86. The molecule has 120 valence electrons. The van der Waals surface area contributed by atoms with Crippen LogP contribution in [-0.2, 0) is 15.8 Å². The number of fused-ring (bicyclic) bond motifs is 1. The summed E-state index contributed by atoms with van der Waals surface area (Å²) in [4.78, 5) is 0. The highest BCUT2D eigenvalue weighted by Crippen LogP contribution is 2.19. The number of hydrogen-bond acceptors (Lipinski definition) is 5. The highest BCUT2D eigenvalue weighted by molar-refractivity contribution is 7.88. The quantitative estimate of drug-likeness (QED) is 0.844. The Bertz CT molecular complexity index is 720. The molecule has 1 aromatic carbocycles. The zero-order valence-electron chi connectivity index (χ0n) is 12.4. The van der Waals surface area contributed by atoms with Crippen molar-refractivity contribution in [1.82, 2.24) is 15.2 Å². The predicted molar refractivity (Wildman–Crippen MR) is 84.8 cm³/mol. The topological polar surface area (TPSA) is 84.2 Å². The Morgan fingerprint density at radius 3 is 3.05 bits per heavy atom. The highest BCUT2D eigenvalue weighted by Gasteiger charge is 2.18. The van der Waals surface area contributed by atoms with E-state index in [4.69, 9.17) is 4.52 Å². The SMILES string of the molecule is O=S(=O)(Cc1noc2ccccc12)NCCC1CCCNC1. The van der Waals surface area contributed by atoms with Crippen LogP contribution >= 0.6 is 0 Å². The van der Waals surface area contributed by atoms with Crippen LogP contribution in [0.1, 0.15) is 25.0 Å². The number of nitrogens with zero attached hydrogens (tertiary/aromatic N) is 1. The second-order valence-corrected chi connectivity index (χ2v) is 7.59. The summed E-state index contributed by atoms with van der Waals surface area (Å²) < 4.78 is 32.2. The summed E-state index contributed by atoms with van der Waals surface area (Å²) in [5.41, 5.74) is 1.07. The van der Waals surface area contributed by atoms with Crippen molar-refractivity contribution < 1.29 is 12.9 Å². The molecule has 0 aliphatic carbocycles. The number of para-hydroxylation sites is 1. The van der Waals surface area contributed by atoms with Crippen LogP contribution in [0.3, 0.4) is 0 Å². The van der Waals surface area contributed by atoms with Gasteiger partial charge in [0, 0.05) is 11.9 Å². The summed E-state index contributed by atoms with van der Waals surface area (Å²) in [5.74, 6) is 0.414. The van der Waals surface area contributed by atoms with E-state index in [1.165, 1.54) is 12.8 Å². The lowest BCUT2D eigenvalue weighted by molar-refractivity contribution is 0.358. The first-order valence-corrected chi connectivity index (χ1v) is 9.31. The molecule has 1 aliphatic heterocycles. The Balaban J connectivity index is 1.56. The van der Waals surface area contributed by atoms with Gasteiger partial charge in [-0.1, -0.05) is 17.3 Å². The van der Waals surface area contributed by atoms with Crippen molar-refractivity contribution in [2.45, 2.75) is 25.0 Å². The second kappa shape index (κ2) is 6.76. The number of sulfonamides is 1. The Morgan fingerprint density at radius 2 is 2.23 bits per heavy atom. The normalized spacial score (nSPS) is 19.5. The van der Waals surface area contributed by atoms with Crippen molar-refractivity contribution in [2.75, 3.05) is 19.6 Å². The van der Waals surface area contributed by atoms with Crippen LogP contribution in [0, 0.1) is 5.92 Å². The van der Waals surface area contributed by atoms with E-state index in [2.05, 4.69) is 15.2 Å². The average Bonchev–Trinajstić information content (AvgIpc) is 2.91. The molecule has 1 fully saturated rings. The molecular formula is C15H21N3O3S. The summed E-state index contributed by atoms with van der Waals surface area (Å²) in [6.07, 6.45) is 3.21. The first kappa shape index (κ1) is 15.5. The molecule has 7 heteroatoms. The Kier molecular flexibility index (Phi) is 4.75. The van der Waals surface area contributed by atoms with E-state index < -0.39 is 10.0 Å². The van der Waals surface area contributed by atoms with E-state index in [1.54, 1.807) is 6.07 Å². The molecular weight excluding hydrogens is 302 g/mol. The third-order valence-corrected chi connectivity index (χ3v) is 5.35. The van der Waals surface area contributed by atoms with Gasteiger partial charge in [-0.3, -0.25) is 0 Å². The van der Waals surface area contributed by atoms with Gasteiger partial charge in [0.15, 0.2) is 5.58 Å². The summed E-state index contributed by atoms with van der Waals surface area (Å²) >= 11 is 0. The molecule has 1 unspecified atom stereocenters. The highest BCUT2D eigenvalue weighted by atomic mass is 32.2. The Morgan fingerprint density at radius 1 is 1.36 bits per heavy atom. The lowest BCUT2D eigenvalue weighted by Gasteiger charge is -2.22. The maximum Gasteiger partial charge on any atom is 0.217 e. The zero-order chi connectivity index (χ0) is 15.4. The number of benzene rings is 1. The number of piperidine rings is 1. The molecule has 1 saturated heterocycles. The van der Waals surface area contributed by atoms with Gasteiger partial charge in [0.05, 0.1) is 0 Å². The molecule has 1 atom stereocenters. The van der Waals surface area contributed by atoms with E-state index in [0.29, 0.717) is 23.7 Å². The monoisotopic (exact) mass is 323 g/mol. The lowest BCUT2D eigenvalue weighted by Crippen LogP contribution is -2.33. The third-order valence-electron chi connectivity index (χ3n) is 4.05. The van der Waals surface area contributed by atoms with Gasteiger partial charge >= 0.3 is 0 Å². The molecule has 1 aromatic heterocycles. The van der Waals surface area contributed by atoms with E-state index in [0.717, 1.165) is 24.9 Å². The van der Waals surface area contributed by atoms with E-state index >= 15 is 0 Å². The Labute approximate surface area is 130 Å². The number of nitrogens with one attached hydrogen (secondary N) is 2. The van der Waals surface area contributed by atoms with Crippen LogP contribution in [0.25, 0.3) is 11.0 Å². The van der Waals surface area contributed by atoms with E-state index in [1.807, 2.05) is 18.2 Å². The minimum absolute atomic E-state index is 0.146. The van der Waals surface area contributed by atoms with Crippen LogP contribution in [0.4, 0.5) is 0 Å². The first-order valence-electron chi connectivity index (χ1n) is 7.65. The summed E-state index contributed by atoms with van der Waals surface area (Å²) in [7, 11) is -3.39. The van der Waals surface area contributed by atoms with Crippen LogP contribution < -0.4 is 10.0 Å². The van der Waals surface area contributed by atoms with Gasteiger partial charge in [-0.15, -0.1) is 0 Å². The third kappa shape index (κ3) is 3.85. The van der Waals surface area contributed by atoms with Crippen LogP contribution in [0.5, 0.6) is 0 Å². The second-order valence-electron chi connectivity index (χ2n) is 5.78. The Hall–Kier alpha value is -1.44. The van der Waals surface area contributed by atoms with Crippen molar-refractivity contribution in [3.8, 4) is 0 Å². The largest absolute Gasteiger partial charge is 0.356 e. The molecule has 0 amide bonds.